The first kappa shape index (κ1) is 24.1. The van der Waals surface area contributed by atoms with E-state index in [0.717, 1.165) is 11.3 Å². The summed E-state index contributed by atoms with van der Waals surface area (Å²) >= 11 is 0. The molecule has 0 fully saturated rings. The zero-order chi connectivity index (χ0) is 19.9. The molecule has 0 unspecified atom stereocenters. The molecular formula is C19H27F2IN4O2. The van der Waals surface area contributed by atoms with Crippen molar-refractivity contribution in [3.05, 3.63) is 47.7 Å². The number of hydrogen-bond acceptors (Lipinski definition) is 4. The van der Waals surface area contributed by atoms with E-state index in [-0.39, 0.29) is 35.1 Å². The number of aliphatic imine (C=N–C) groups is 1. The van der Waals surface area contributed by atoms with E-state index in [0.29, 0.717) is 31.5 Å². The molecule has 0 aliphatic heterocycles. The van der Waals surface area contributed by atoms with Crippen molar-refractivity contribution in [2.45, 2.75) is 52.8 Å². The van der Waals surface area contributed by atoms with Crippen molar-refractivity contribution in [1.29, 1.82) is 0 Å². The van der Waals surface area contributed by atoms with E-state index in [1.165, 1.54) is 6.07 Å². The number of ether oxygens (including phenoxy) is 1. The third-order valence-electron chi connectivity index (χ3n) is 3.59. The predicted molar refractivity (Wildman–Crippen MR) is 115 cm³/mol. The van der Waals surface area contributed by atoms with Gasteiger partial charge in [-0.15, -0.1) is 24.0 Å². The number of oxazole rings is 1. The molecule has 0 bridgehead atoms. The smallest absolute Gasteiger partial charge is 0.387 e. The zero-order valence-corrected chi connectivity index (χ0v) is 18.8. The first-order valence-electron chi connectivity index (χ1n) is 8.79. The molecule has 1 aromatic heterocycles. The second kappa shape index (κ2) is 11.2. The van der Waals surface area contributed by atoms with Crippen LogP contribution >= 0.6 is 24.0 Å². The summed E-state index contributed by atoms with van der Waals surface area (Å²) in [6.45, 7) is 6.66. The van der Waals surface area contributed by atoms with Gasteiger partial charge in [-0.3, -0.25) is 0 Å². The molecule has 156 valence electrons. The van der Waals surface area contributed by atoms with E-state index < -0.39 is 6.61 Å². The number of alkyl halides is 2. The second-order valence-corrected chi connectivity index (χ2v) is 6.94. The summed E-state index contributed by atoms with van der Waals surface area (Å²) in [4.78, 5) is 8.73. The largest absolute Gasteiger partial charge is 0.443 e. The lowest BCUT2D eigenvalue weighted by Gasteiger charge is -2.13. The summed E-state index contributed by atoms with van der Waals surface area (Å²) < 4.78 is 34.8. The van der Waals surface area contributed by atoms with Crippen LogP contribution in [0.5, 0.6) is 5.75 Å². The van der Waals surface area contributed by atoms with E-state index in [9.17, 15) is 8.78 Å². The topological polar surface area (TPSA) is 71.7 Å². The van der Waals surface area contributed by atoms with Gasteiger partial charge in [0.05, 0.1) is 19.3 Å². The summed E-state index contributed by atoms with van der Waals surface area (Å²) in [7, 11) is 0. The van der Waals surface area contributed by atoms with Crippen LogP contribution in [0.25, 0.3) is 0 Å². The maximum atomic E-state index is 12.3. The Bertz CT molecular complexity index is 760. The Balaban J connectivity index is 0.00000392. The highest BCUT2D eigenvalue weighted by Crippen LogP contribution is 2.22. The van der Waals surface area contributed by atoms with Crippen molar-refractivity contribution in [3.8, 4) is 5.75 Å². The first-order chi connectivity index (χ1) is 12.8. The van der Waals surface area contributed by atoms with Crippen LogP contribution in [0.2, 0.25) is 0 Å². The van der Waals surface area contributed by atoms with Gasteiger partial charge in [0.25, 0.3) is 0 Å². The lowest BCUT2D eigenvalue weighted by molar-refractivity contribution is -0.0498. The standard InChI is InChI=1S/C19H26F2N4O2.HI/c1-5-22-18(25-12-16-23-11-15(27-16)19(2,3)4)24-10-13-7-6-8-14(9-13)26-17(20)21;/h6-9,11,17H,5,10,12H2,1-4H3,(H2,22,24,25);1H. The molecular weight excluding hydrogens is 481 g/mol. The molecule has 0 spiro atoms. The van der Waals surface area contributed by atoms with Crippen LogP contribution in [0.1, 0.15) is 44.9 Å². The maximum absolute atomic E-state index is 12.3. The Kier molecular flexibility index (Phi) is 9.63. The van der Waals surface area contributed by atoms with Gasteiger partial charge in [0.2, 0.25) is 5.89 Å². The Morgan fingerprint density at radius 2 is 2.04 bits per heavy atom. The van der Waals surface area contributed by atoms with Gasteiger partial charge in [0, 0.05) is 12.0 Å². The van der Waals surface area contributed by atoms with E-state index in [1.54, 1.807) is 24.4 Å². The minimum Gasteiger partial charge on any atom is -0.443 e. The van der Waals surface area contributed by atoms with E-state index in [2.05, 4.69) is 46.1 Å². The quantitative estimate of drug-likeness (QED) is 0.329. The van der Waals surface area contributed by atoms with Crippen molar-refractivity contribution >= 4 is 29.9 Å². The SMILES string of the molecule is CCNC(=NCc1cccc(OC(F)F)c1)NCc1ncc(C(C)(C)C)o1.I. The van der Waals surface area contributed by atoms with Crippen LogP contribution < -0.4 is 15.4 Å². The minimum atomic E-state index is -2.85. The van der Waals surface area contributed by atoms with Gasteiger partial charge in [-0.1, -0.05) is 32.9 Å². The van der Waals surface area contributed by atoms with Crippen molar-refractivity contribution < 1.29 is 17.9 Å². The van der Waals surface area contributed by atoms with Gasteiger partial charge < -0.3 is 19.8 Å². The number of aromatic nitrogens is 1. The van der Waals surface area contributed by atoms with Gasteiger partial charge in [0.1, 0.15) is 11.5 Å². The lowest BCUT2D eigenvalue weighted by atomic mass is 9.94. The van der Waals surface area contributed by atoms with Crippen LogP contribution in [-0.4, -0.2) is 24.1 Å². The molecule has 6 nitrogen and oxygen atoms in total. The zero-order valence-electron chi connectivity index (χ0n) is 16.5. The van der Waals surface area contributed by atoms with Gasteiger partial charge in [-0.25, -0.2) is 9.98 Å². The van der Waals surface area contributed by atoms with Gasteiger partial charge >= 0.3 is 6.61 Å². The summed E-state index contributed by atoms with van der Waals surface area (Å²) in [6, 6.07) is 6.49. The Morgan fingerprint density at radius 1 is 1.29 bits per heavy atom. The molecule has 2 aromatic rings. The monoisotopic (exact) mass is 508 g/mol. The van der Waals surface area contributed by atoms with E-state index in [4.69, 9.17) is 4.42 Å². The summed E-state index contributed by atoms with van der Waals surface area (Å²) in [5.74, 6) is 2.08. The lowest BCUT2D eigenvalue weighted by Crippen LogP contribution is -2.36. The fourth-order valence-electron chi connectivity index (χ4n) is 2.23. The average Bonchev–Trinajstić information content (AvgIpc) is 3.06. The van der Waals surface area contributed by atoms with Gasteiger partial charge in [-0.05, 0) is 24.6 Å². The van der Waals surface area contributed by atoms with Crippen LogP contribution in [0, 0.1) is 0 Å². The number of benzene rings is 1. The highest BCUT2D eigenvalue weighted by Gasteiger charge is 2.19. The van der Waals surface area contributed by atoms with Gasteiger partial charge in [-0.2, -0.15) is 8.78 Å². The molecule has 0 radical (unpaired) electrons. The summed E-state index contributed by atoms with van der Waals surface area (Å²) in [6.07, 6.45) is 1.73. The molecule has 0 saturated heterocycles. The first-order valence-corrected chi connectivity index (χ1v) is 8.79. The Morgan fingerprint density at radius 3 is 2.64 bits per heavy atom. The minimum absolute atomic E-state index is 0. The van der Waals surface area contributed by atoms with E-state index >= 15 is 0 Å². The van der Waals surface area contributed by atoms with Crippen LogP contribution in [0.4, 0.5) is 8.78 Å². The predicted octanol–water partition coefficient (Wildman–Crippen LogP) is 4.45. The molecule has 1 heterocycles. The molecule has 0 aliphatic carbocycles. The molecule has 1 aromatic carbocycles. The molecule has 0 saturated carbocycles. The molecule has 2 N–H and O–H groups in total. The normalized spacial score (nSPS) is 11.9. The highest BCUT2D eigenvalue weighted by molar-refractivity contribution is 14.0. The van der Waals surface area contributed by atoms with E-state index in [1.807, 2.05) is 6.92 Å². The van der Waals surface area contributed by atoms with Crippen LogP contribution in [0.15, 0.2) is 39.9 Å². The molecule has 9 heteroatoms. The third-order valence-corrected chi connectivity index (χ3v) is 3.59. The molecule has 2 rings (SSSR count). The molecule has 28 heavy (non-hydrogen) atoms. The van der Waals surface area contributed by atoms with Crippen molar-refractivity contribution in [2.75, 3.05) is 6.54 Å². The summed E-state index contributed by atoms with van der Waals surface area (Å²) in [5.41, 5.74) is 0.659. The van der Waals surface area contributed by atoms with Crippen molar-refractivity contribution in [2.24, 2.45) is 4.99 Å². The van der Waals surface area contributed by atoms with Crippen LogP contribution in [0.3, 0.4) is 0 Å². The fraction of sp³-hybridized carbons (Fsp3) is 0.474. The molecule has 0 amide bonds. The maximum Gasteiger partial charge on any atom is 0.387 e. The number of rotatable bonds is 7. The molecule has 0 atom stereocenters. The number of hydrogen-bond donors (Lipinski definition) is 2. The highest BCUT2D eigenvalue weighted by atomic mass is 127. The number of guanidine groups is 1. The Hall–Kier alpha value is -1.91. The van der Waals surface area contributed by atoms with Crippen molar-refractivity contribution in [3.63, 3.8) is 0 Å². The number of halogens is 3. The fourth-order valence-corrected chi connectivity index (χ4v) is 2.23. The molecule has 0 aliphatic rings. The number of nitrogens with one attached hydrogen (secondary N) is 2. The number of nitrogens with zero attached hydrogens (tertiary/aromatic N) is 2. The van der Waals surface area contributed by atoms with Crippen LogP contribution in [-0.2, 0) is 18.5 Å². The van der Waals surface area contributed by atoms with Crippen molar-refractivity contribution in [1.82, 2.24) is 15.6 Å². The summed E-state index contributed by atoms with van der Waals surface area (Å²) in [5, 5.41) is 6.28. The Labute approximate surface area is 181 Å². The average molecular weight is 508 g/mol. The second-order valence-electron chi connectivity index (χ2n) is 6.94. The third kappa shape index (κ3) is 7.99. The van der Waals surface area contributed by atoms with Gasteiger partial charge in [0.15, 0.2) is 5.96 Å².